The van der Waals surface area contributed by atoms with Crippen LogP contribution in [0.4, 0.5) is 5.69 Å². The van der Waals surface area contributed by atoms with Crippen molar-refractivity contribution < 1.29 is 19.1 Å². The van der Waals surface area contributed by atoms with Gasteiger partial charge in [-0.15, -0.1) is 10.2 Å². The third kappa shape index (κ3) is 5.10. The Balaban J connectivity index is 1.61. The standard InChI is InChI=1S/C18H21N5O4S/c1-27-17(26)12-3-2-4-13(9-12)20-15(25)10-28-18-22-21-16(11-5-6-11)23(18)8-7-14(19)24/h2-4,9,11H,5-8,10H2,1H3,(H2,19,24)(H,20,25). The lowest BCUT2D eigenvalue weighted by molar-refractivity contribution is -0.118. The van der Waals surface area contributed by atoms with Crippen LogP contribution in [0.15, 0.2) is 29.4 Å². The van der Waals surface area contributed by atoms with E-state index in [-0.39, 0.29) is 18.1 Å². The highest BCUT2D eigenvalue weighted by Gasteiger charge is 2.30. The number of rotatable bonds is 9. The van der Waals surface area contributed by atoms with Crippen molar-refractivity contribution in [3.05, 3.63) is 35.7 Å². The number of esters is 1. The molecule has 2 amide bonds. The monoisotopic (exact) mass is 403 g/mol. The average molecular weight is 403 g/mol. The molecule has 148 valence electrons. The van der Waals surface area contributed by atoms with Gasteiger partial charge in [0.15, 0.2) is 5.16 Å². The van der Waals surface area contributed by atoms with Crippen LogP contribution in [0.5, 0.6) is 0 Å². The minimum atomic E-state index is -0.472. The maximum Gasteiger partial charge on any atom is 0.337 e. The van der Waals surface area contributed by atoms with Gasteiger partial charge in [0.2, 0.25) is 11.8 Å². The molecule has 1 aliphatic rings. The number of carbonyl (C=O) groups is 3. The van der Waals surface area contributed by atoms with Crippen molar-refractivity contribution in [1.82, 2.24) is 14.8 Å². The quantitative estimate of drug-likeness (QED) is 0.480. The number of nitrogens with two attached hydrogens (primary N) is 1. The fraction of sp³-hybridized carbons (Fsp3) is 0.389. The second-order valence-electron chi connectivity index (χ2n) is 6.39. The van der Waals surface area contributed by atoms with Gasteiger partial charge < -0.3 is 20.4 Å². The minimum absolute atomic E-state index is 0.113. The molecule has 0 radical (unpaired) electrons. The SMILES string of the molecule is COC(=O)c1cccc(NC(=O)CSc2nnc(C3CC3)n2CCC(N)=O)c1. The van der Waals surface area contributed by atoms with Crippen molar-refractivity contribution in [3.63, 3.8) is 0 Å². The first kappa shape index (κ1) is 19.9. The zero-order chi connectivity index (χ0) is 20.1. The summed E-state index contributed by atoms with van der Waals surface area (Å²) >= 11 is 1.24. The first-order valence-electron chi connectivity index (χ1n) is 8.80. The molecule has 1 aliphatic carbocycles. The van der Waals surface area contributed by atoms with Crippen molar-refractivity contribution in [2.24, 2.45) is 5.73 Å². The number of carbonyl (C=O) groups excluding carboxylic acids is 3. The van der Waals surface area contributed by atoms with Crippen LogP contribution in [-0.4, -0.2) is 45.4 Å². The van der Waals surface area contributed by atoms with E-state index in [1.807, 2.05) is 4.57 Å². The summed E-state index contributed by atoms with van der Waals surface area (Å²) in [5, 5.41) is 11.7. The lowest BCUT2D eigenvalue weighted by Gasteiger charge is -2.09. The van der Waals surface area contributed by atoms with Gasteiger partial charge in [-0.1, -0.05) is 17.8 Å². The zero-order valence-electron chi connectivity index (χ0n) is 15.4. The summed E-state index contributed by atoms with van der Waals surface area (Å²) in [5.41, 5.74) is 6.11. The van der Waals surface area contributed by atoms with Gasteiger partial charge in [-0.3, -0.25) is 9.59 Å². The van der Waals surface area contributed by atoms with Gasteiger partial charge in [0.25, 0.3) is 0 Å². The first-order valence-corrected chi connectivity index (χ1v) is 9.79. The number of benzene rings is 1. The molecular formula is C18H21N5O4S. The maximum absolute atomic E-state index is 12.3. The number of nitrogens with zero attached hydrogens (tertiary/aromatic N) is 3. The van der Waals surface area contributed by atoms with Gasteiger partial charge in [-0.05, 0) is 31.0 Å². The Morgan fingerprint density at radius 1 is 1.32 bits per heavy atom. The molecular weight excluding hydrogens is 382 g/mol. The second-order valence-corrected chi connectivity index (χ2v) is 7.33. The highest BCUT2D eigenvalue weighted by atomic mass is 32.2. The molecule has 0 aliphatic heterocycles. The maximum atomic E-state index is 12.3. The normalized spacial score (nSPS) is 13.2. The van der Waals surface area contributed by atoms with Gasteiger partial charge in [0.1, 0.15) is 5.82 Å². The third-order valence-corrected chi connectivity index (χ3v) is 5.14. The molecule has 3 N–H and O–H groups in total. The molecule has 0 spiro atoms. The molecule has 9 nitrogen and oxygen atoms in total. The van der Waals surface area contributed by atoms with Crippen molar-refractivity contribution in [3.8, 4) is 0 Å². The van der Waals surface area contributed by atoms with Crippen LogP contribution in [0.25, 0.3) is 0 Å². The Hall–Kier alpha value is -2.88. The average Bonchev–Trinajstić information content (AvgIpc) is 3.44. The minimum Gasteiger partial charge on any atom is -0.465 e. The molecule has 1 fully saturated rings. The van der Waals surface area contributed by atoms with E-state index in [9.17, 15) is 14.4 Å². The number of methoxy groups -OCH3 is 1. The first-order chi connectivity index (χ1) is 13.5. The molecule has 1 aromatic heterocycles. The number of amides is 2. The van der Waals surface area contributed by atoms with Crippen molar-refractivity contribution >= 4 is 35.2 Å². The van der Waals surface area contributed by atoms with Gasteiger partial charge in [0.05, 0.1) is 18.4 Å². The van der Waals surface area contributed by atoms with Crippen LogP contribution >= 0.6 is 11.8 Å². The van der Waals surface area contributed by atoms with Gasteiger partial charge in [-0.25, -0.2) is 4.79 Å². The van der Waals surface area contributed by atoms with E-state index >= 15 is 0 Å². The summed E-state index contributed by atoms with van der Waals surface area (Å²) in [5.74, 6) is 0.209. The molecule has 2 aromatic rings. The Kier molecular flexibility index (Phi) is 6.30. The number of hydrogen-bond donors (Lipinski definition) is 2. The van der Waals surface area contributed by atoms with Crippen LogP contribution in [0.1, 0.15) is 41.4 Å². The van der Waals surface area contributed by atoms with Crippen LogP contribution in [-0.2, 0) is 20.9 Å². The number of aromatic nitrogens is 3. The molecule has 1 saturated carbocycles. The summed E-state index contributed by atoms with van der Waals surface area (Å²) in [6.45, 7) is 0.402. The predicted molar refractivity (Wildman–Crippen MR) is 103 cm³/mol. The second kappa shape index (κ2) is 8.87. The largest absolute Gasteiger partial charge is 0.465 e. The summed E-state index contributed by atoms with van der Waals surface area (Å²) < 4.78 is 6.55. The van der Waals surface area contributed by atoms with Crippen LogP contribution in [0, 0.1) is 0 Å². The topological polar surface area (TPSA) is 129 Å². The van der Waals surface area contributed by atoms with Crippen molar-refractivity contribution in [2.75, 3.05) is 18.2 Å². The molecule has 0 bridgehead atoms. The Morgan fingerprint density at radius 2 is 2.11 bits per heavy atom. The summed E-state index contributed by atoms with van der Waals surface area (Å²) in [4.78, 5) is 35.0. The molecule has 10 heteroatoms. The van der Waals surface area contributed by atoms with E-state index in [0.29, 0.717) is 28.9 Å². The molecule has 3 rings (SSSR count). The molecule has 0 saturated heterocycles. The zero-order valence-corrected chi connectivity index (χ0v) is 16.2. The van der Waals surface area contributed by atoms with Crippen LogP contribution in [0.3, 0.4) is 0 Å². The fourth-order valence-corrected chi connectivity index (χ4v) is 3.42. The lowest BCUT2D eigenvalue weighted by atomic mass is 10.2. The Morgan fingerprint density at radius 3 is 2.79 bits per heavy atom. The number of thioether (sulfide) groups is 1. The summed E-state index contributed by atoms with van der Waals surface area (Å²) in [6.07, 6.45) is 2.30. The molecule has 0 atom stereocenters. The smallest absolute Gasteiger partial charge is 0.337 e. The van der Waals surface area contributed by atoms with Crippen LogP contribution in [0.2, 0.25) is 0 Å². The van der Waals surface area contributed by atoms with Crippen molar-refractivity contribution in [1.29, 1.82) is 0 Å². The van der Waals surface area contributed by atoms with E-state index in [2.05, 4.69) is 20.3 Å². The van der Waals surface area contributed by atoms with E-state index < -0.39 is 11.9 Å². The number of hydrogen-bond acceptors (Lipinski definition) is 7. The molecule has 1 aromatic carbocycles. The number of ether oxygens (including phenoxy) is 1. The fourth-order valence-electron chi connectivity index (χ4n) is 2.65. The Labute approximate surface area is 166 Å². The number of nitrogens with one attached hydrogen (secondary N) is 1. The van der Waals surface area contributed by atoms with E-state index in [1.165, 1.54) is 18.9 Å². The van der Waals surface area contributed by atoms with E-state index in [0.717, 1.165) is 18.7 Å². The predicted octanol–water partition coefficient (Wildman–Crippen LogP) is 1.55. The van der Waals surface area contributed by atoms with E-state index in [1.54, 1.807) is 24.3 Å². The highest BCUT2D eigenvalue weighted by Crippen LogP contribution is 2.40. The number of primary amides is 1. The lowest BCUT2D eigenvalue weighted by Crippen LogP contribution is -2.17. The van der Waals surface area contributed by atoms with Gasteiger partial charge in [0, 0.05) is 24.6 Å². The summed E-state index contributed by atoms with van der Waals surface area (Å²) in [6, 6.07) is 6.51. The Bertz CT molecular complexity index is 894. The van der Waals surface area contributed by atoms with Gasteiger partial charge in [-0.2, -0.15) is 0 Å². The van der Waals surface area contributed by atoms with Crippen molar-refractivity contribution in [2.45, 2.75) is 36.9 Å². The molecule has 0 unspecified atom stereocenters. The molecule has 1 heterocycles. The number of anilines is 1. The molecule has 28 heavy (non-hydrogen) atoms. The van der Waals surface area contributed by atoms with Crippen LogP contribution < -0.4 is 11.1 Å². The third-order valence-electron chi connectivity index (χ3n) is 4.17. The highest BCUT2D eigenvalue weighted by molar-refractivity contribution is 7.99. The summed E-state index contributed by atoms with van der Waals surface area (Å²) in [7, 11) is 1.30. The van der Waals surface area contributed by atoms with Gasteiger partial charge >= 0.3 is 5.97 Å². The van der Waals surface area contributed by atoms with E-state index in [4.69, 9.17) is 5.73 Å².